The number of ketones is 1. The number of halogens is 3. The van der Waals surface area contributed by atoms with E-state index >= 15 is 0 Å². The number of fused-ring (bicyclic) bond motifs is 1. The van der Waals surface area contributed by atoms with Crippen LogP contribution in [0, 0.1) is 5.41 Å². The minimum Gasteiger partial charge on any atom is -0.391 e. The van der Waals surface area contributed by atoms with Gasteiger partial charge in [-0.2, -0.15) is 23.3 Å². The van der Waals surface area contributed by atoms with Crippen LogP contribution in [0.2, 0.25) is 0 Å². The fraction of sp³-hybridized carbons (Fsp3) is 0.571. The average molecular weight is 466 g/mol. The lowest BCUT2D eigenvalue weighted by Crippen LogP contribution is -2.37. The van der Waals surface area contributed by atoms with Gasteiger partial charge in [0.15, 0.2) is 11.5 Å². The third-order valence-corrected chi connectivity index (χ3v) is 6.10. The van der Waals surface area contributed by atoms with Crippen molar-refractivity contribution in [3.8, 4) is 5.95 Å². The Bertz CT molecular complexity index is 1110. The predicted molar refractivity (Wildman–Crippen MR) is 111 cm³/mol. The number of hydrogen-bond donors (Lipinski definition) is 3. The summed E-state index contributed by atoms with van der Waals surface area (Å²) in [5, 5.41) is 17.0. The summed E-state index contributed by atoms with van der Waals surface area (Å²) in [5.74, 6) is -1.70. The lowest BCUT2D eigenvalue weighted by Gasteiger charge is -2.30. The topological polar surface area (TPSA) is 136 Å². The Kier molecular flexibility index (Phi) is 5.67. The first-order chi connectivity index (χ1) is 15.4. The van der Waals surface area contributed by atoms with Crippen molar-refractivity contribution >= 4 is 17.5 Å². The number of carbonyl (C=O) groups excluding carboxylic acids is 2. The zero-order valence-corrected chi connectivity index (χ0v) is 18.2. The molecule has 178 valence electrons. The molecule has 0 aromatic carbocycles. The molecule has 0 spiro atoms. The van der Waals surface area contributed by atoms with E-state index in [-0.39, 0.29) is 35.9 Å². The summed E-state index contributed by atoms with van der Waals surface area (Å²) >= 11 is 0. The molecule has 0 bridgehead atoms. The number of anilines is 1. The van der Waals surface area contributed by atoms with Crippen molar-refractivity contribution in [2.24, 2.45) is 11.1 Å². The van der Waals surface area contributed by atoms with Gasteiger partial charge in [-0.05, 0) is 24.7 Å². The Hall–Kier alpha value is -3.02. The standard InChI is InChI=1S/C21H25F3N6O3/c1-20(2)7-12-15(14(32)8-20)16(21(22,23)24)29-30(12)19-26-9-10(17(25)33)18(28-19)27-11-5-3-4-6-13(11)31/h9,11,13,31H,3-8H2,1-2H3,(H2,25,33)(H,26,27,28). The molecule has 33 heavy (non-hydrogen) atoms. The van der Waals surface area contributed by atoms with Gasteiger partial charge in [-0.1, -0.05) is 26.7 Å². The Balaban J connectivity index is 1.84. The average Bonchev–Trinajstić information content (AvgIpc) is 3.08. The summed E-state index contributed by atoms with van der Waals surface area (Å²) in [6.45, 7) is 3.57. The molecule has 4 N–H and O–H groups in total. The fourth-order valence-corrected chi connectivity index (χ4v) is 4.53. The first-order valence-corrected chi connectivity index (χ1v) is 10.7. The second kappa shape index (κ2) is 8.08. The van der Waals surface area contributed by atoms with E-state index in [1.54, 1.807) is 13.8 Å². The first-order valence-electron chi connectivity index (χ1n) is 10.7. The van der Waals surface area contributed by atoms with Gasteiger partial charge >= 0.3 is 6.18 Å². The highest BCUT2D eigenvalue weighted by Gasteiger charge is 2.45. The molecule has 4 rings (SSSR count). The molecular formula is C21H25F3N6O3. The van der Waals surface area contributed by atoms with E-state index in [1.807, 2.05) is 0 Å². The van der Waals surface area contributed by atoms with E-state index in [4.69, 9.17) is 5.73 Å². The Morgan fingerprint density at radius 1 is 1.27 bits per heavy atom. The second-order valence-corrected chi connectivity index (χ2v) is 9.42. The molecule has 0 aliphatic heterocycles. The Morgan fingerprint density at radius 2 is 1.97 bits per heavy atom. The highest BCUT2D eigenvalue weighted by molar-refractivity contribution is 6.00. The van der Waals surface area contributed by atoms with Gasteiger partial charge in [0.2, 0.25) is 0 Å². The van der Waals surface area contributed by atoms with Gasteiger partial charge in [0.1, 0.15) is 5.82 Å². The SMILES string of the molecule is CC1(C)CC(=O)c2c(C(F)(F)F)nn(-c3ncc(C(N)=O)c(NC4CCCCC4O)n3)c2C1. The van der Waals surface area contributed by atoms with Crippen LogP contribution in [0.5, 0.6) is 0 Å². The molecule has 2 aromatic heterocycles. The molecule has 2 unspecified atom stereocenters. The van der Waals surface area contributed by atoms with Crippen LogP contribution in [-0.2, 0) is 12.6 Å². The van der Waals surface area contributed by atoms with Crippen LogP contribution in [0.25, 0.3) is 5.95 Å². The number of hydrogen-bond acceptors (Lipinski definition) is 7. The molecule has 2 aliphatic carbocycles. The molecule has 2 heterocycles. The Morgan fingerprint density at radius 3 is 2.61 bits per heavy atom. The minimum atomic E-state index is -4.84. The van der Waals surface area contributed by atoms with Crippen LogP contribution >= 0.6 is 0 Å². The van der Waals surface area contributed by atoms with Crippen molar-refractivity contribution in [1.29, 1.82) is 0 Å². The van der Waals surface area contributed by atoms with Crippen molar-refractivity contribution in [3.63, 3.8) is 0 Å². The van der Waals surface area contributed by atoms with Gasteiger partial charge in [-0.25, -0.2) is 9.67 Å². The highest BCUT2D eigenvalue weighted by atomic mass is 19.4. The lowest BCUT2D eigenvalue weighted by atomic mass is 9.75. The largest absolute Gasteiger partial charge is 0.435 e. The van der Waals surface area contributed by atoms with Gasteiger partial charge in [0.05, 0.1) is 29.0 Å². The van der Waals surface area contributed by atoms with E-state index < -0.39 is 46.7 Å². The maximum absolute atomic E-state index is 13.7. The lowest BCUT2D eigenvalue weighted by molar-refractivity contribution is -0.141. The van der Waals surface area contributed by atoms with Crippen LogP contribution in [0.15, 0.2) is 6.20 Å². The van der Waals surface area contributed by atoms with Crippen LogP contribution in [0.3, 0.4) is 0 Å². The number of alkyl halides is 3. The van der Waals surface area contributed by atoms with Gasteiger partial charge < -0.3 is 16.2 Å². The number of nitrogens with two attached hydrogens (primary N) is 1. The zero-order chi connectivity index (χ0) is 24.1. The van der Waals surface area contributed by atoms with Crippen molar-refractivity contribution in [1.82, 2.24) is 19.7 Å². The fourth-order valence-electron chi connectivity index (χ4n) is 4.53. The maximum Gasteiger partial charge on any atom is 0.435 e. The molecular weight excluding hydrogens is 441 g/mol. The number of nitrogens with zero attached hydrogens (tertiary/aromatic N) is 4. The van der Waals surface area contributed by atoms with Crippen LogP contribution < -0.4 is 11.1 Å². The summed E-state index contributed by atoms with van der Waals surface area (Å²) < 4.78 is 42.0. The maximum atomic E-state index is 13.7. The quantitative estimate of drug-likeness (QED) is 0.630. The summed E-state index contributed by atoms with van der Waals surface area (Å²) in [5.41, 5.74) is 3.11. The number of nitrogens with one attached hydrogen (secondary N) is 1. The molecule has 0 radical (unpaired) electrons. The molecule has 12 heteroatoms. The van der Waals surface area contributed by atoms with E-state index in [0.717, 1.165) is 23.7 Å². The van der Waals surface area contributed by atoms with E-state index in [0.29, 0.717) is 12.8 Å². The van der Waals surface area contributed by atoms with E-state index in [9.17, 15) is 27.9 Å². The second-order valence-electron chi connectivity index (χ2n) is 9.42. The first kappa shape index (κ1) is 23.1. The molecule has 2 aromatic rings. The van der Waals surface area contributed by atoms with E-state index in [2.05, 4.69) is 20.4 Å². The molecule has 2 aliphatic rings. The van der Waals surface area contributed by atoms with E-state index in [1.165, 1.54) is 0 Å². The molecule has 2 atom stereocenters. The van der Waals surface area contributed by atoms with Gasteiger partial charge in [0.25, 0.3) is 11.9 Å². The summed E-state index contributed by atoms with van der Waals surface area (Å²) in [6.07, 6.45) is -1.38. The van der Waals surface area contributed by atoms with Gasteiger partial charge in [0, 0.05) is 12.6 Å². The van der Waals surface area contributed by atoms with Crippen molar-refractivity contribution in [2.75, 3.05) is 5.32 Å². The third-order valence-electron chi connectivity index (χ3n) is 6.10. The number of aliphatic hydroxyl groups is 1. The molecule has 9 nitrogen and oxygen atoms in total. The molecule has 1 saturated carbocycles. The number of amides is 1. The molecule has 1 amide bonds. The number of carbonyl (C=O) groups is 2. The predicted octanol–water partition coefficient (Wildman–Crippen LogP) is 2.65. The Labute approximate surface area is 187 Å². The number of rotatable bonds is 4. The van der Waals surface area contributed by atoms with Crippen LogP contribution in [-0.4, -0.2) is 48.7 Å². The van der Waals surface area contributed by atoms with Gasteiger partial charge in [-0.3, -0.25) is 9.59 Å². The number of Topliss-reactive ketones (excluding diaryl/α,β-unsaturated/α-hetero) is 1. The molecule has 0 saturated heterocycles. The summed E-state index contributed by atoms with van der Waals surface area (Å²) in [7, 11) is 0. The van der Waals surface area contributed by atoms with Crippen LogP contribution in [0.1, 0.15) is 78.1 Å². The summed E-state index contributed by atoms with van der Waals surface area (Å²) in [6, 6.07) is -0.405. The summed E-state index contributed by atoms with van der Waals surface area (Å²) in [4.78, 5) is 32.8. The number of aliphatic hydroxyl groups excluding tert-OH is 1. The monoisotopic (exact) mass is 466 g/mol. The molecule has 1 fully saturated rings. The number of primary amides is 1. The van der Waals surface area contributed by atoms with Crippen molar-refractivity contribution in [3.05, 3.63) is 28.7 Å². The van der Waals surface area contributed by atoms with Crippen LogP contribution in [0.4, 0.5) is 19.0 Å². The highest BCUT2D eigenvalue weighted by Crippen LogP contribution is 2.41. The minimum absolute atomic E-state index is 0.00217. The van der Waals surface area contributed by atoms with Crippen molar-refractivity contribution < 1.29 is 27.9 Å². The normalized spacial score (nSPS) is 22.7. The number of aromatic nitrogens is 4. The zero-order valence-electron chi connectivity index (χ0n) is 18.2. The smallest absolute Gasteiger partial charge is 0.391 e. The third kappa shape index (κ3) is 4.43. The van der Waals surface area contributed by atoms with Crippen molar-refractivity contribution in [2.45, 2.75) is 70.7 Å². The van der Waals surface area contributed by atoms with Gasteiger partial charge in [-0.15, -0.1) is 0 Å².